The van der Waals surface area contributed by atoms with Crippen LogP contribution in [0.2, 0.25) is 0 Å². The molecule has 1 saturated heterocycles. The van der Waals surface area contributed by atoms with Crippen LogP contribution in [0.3, 0.4) is 0 Å². The van der Waals surface area contributed by atoms with E-state index in [-0.39, 0.29) is 0 Å². The molecule has 1 aromatic heterocycles. The van der Waals surface area contributed by atoms with E-state index in [0.29, 0.717) is 4.08 Å². The lowest BCUT2D eigenvalue weighted by Crippen LogP contribution is -2.29. The van der Waals surface area contributed by atoms with E-state index < -0.39 is 0 Å². The molecule has 2 nitrogen and oxygen atoms in total. The van der Waals surface area contributed by atoms with Crippen molar-refractivity contribution in [1.82, 2.24) is 9.55 Å². The Morgan fingerprint density at radius 3 is 2.65 bits per heavy atom. The smallest absolute Gasteiger partial charge is 0.0945 e. The summed E-state index contributed by atoms with van der Waals surface area (Å²) in [6.07, 6.45) is 9.72. The molecule has 0 spiro atoms. The molecule has 96 valence electrons. The minimum Gasteiger partial charge on any atom is -0.337 e. The van der Waals surface area contributed by atoms with Crippen LogP contribution in [0.25, 0.3) is 0 Å². The highest BCUT2D eigenvalue weighted by Crippen LogP contribution is 2.49. The van der Waals surface area contributed by atoms with Crippen molar-refractivity contribution in [1.29, 1.82) is 0 Å². The Morgan fingerprint density at radius 1 is 1.35 bits per heavy atom. The summed E-state index contributed by atoms with van der Waals surface area (Å²) < 4.78 is 2.65. The molecule has 0 amide bonds. The summed E-state index contributed by atoms with van der Waals surface area (Å²) in [6, 6.07) is 0. The molecule has 2 heterocycles. The maximum absolute atomic E-state index is 4.11. The van der Waals surface area contributed by atoms with Crippen molar-refractivity contribution in [2.24, 2.45) is 5.92 Å². The summed E-state index contributed by atoms with van der Waals surface area (Å²) in [5.74, 6) is 3.63. The fourth-order valence-corrected chi connectivity index (χ4v) is 5.66. The van der Waals surface area contributed by atoms with Gasteiger partial charge in [0.2, 0.25) is 0 Å². The predicted molar refractivity (Wildman–Crippen MR) is 78.6 cm³/mol. The van der Waals surface area contributed by atoms with E-state index in [2.05, 4.69) is 53.1 Å². The zero-order valence-corrected chi connectivity index (χ0v) is 12.4. The summed E-state index contributed by atoms with van der Waals surface area (Å²) in [4.78, 5) is 4.11. The molecule has 0 N–H and O–H groups in total. The van der Waals surface area contributed by atoms with Gasteiger partial charge in [0.15, 0.2) is 0 Å². The highest BCUT2D eigenvalue weighted by molar-refractivity contribution is 8.18. The van der Waals surface area contributed by atoms with E-state index in [1.54, 1.807) is 0 Å². The molecule has 1 fully saturated rings. The molecule has 0 unspecified atom stereocenters. The number of hydrogen-bond acceptors (Lipinski definition) is 3. The summed E-state index contributed by atoms with van der Waals surface area (Å²) >= 11 is 4.39. The third-order valence-electron chi connectivity index (χ3n) is 3.59. The summed E-state index contributed by atoms with van der Waals surface area (Å²) in [5, 5.41) is 0. The molecule has 4 heteroatoms. The van der Waals surface area contributed by atoms with Crippen LogP contribution in [0, 0.1) is 5.92 Å². The predicted octanol–water partition coefficient (Wildman–Crippen LogP) is 3.89. The van der Waals surface area contributed by atoms with Gasteiger partial charge in [-0.3, -0.25) is 0 Å². The van der Waals surface area contributed by atoms with Crippen LogP contribution >= 0.6 is 23.5 Å². The van der Waals surface area contributed by atoms with Crippen LogP contribution in [-0.2, 0) is 6.54 Å². The number of hydrogen-bond donors (Lipinski definition) is 0. The Kier molecular flexibility index (Phi) is 4.86. The van der Waals surface area contributed by atoms with Gasteiger partial charge in [-0.15, -0.1) is 23.5 Å². The quantitative estimate of drug-likeness (QED) is 0.808. The molecule has 1 aliphatic rings. The Bertz CT molecular complexity index is 316. The highest BCUT2D eigenvalue weighted by atomic mass is 32.2. The zero-order valence-electron chi connectivity index (χ0n) is 10.8. The van der Waals surface area contributed by atoms with Crippen molar-refractivity contribution < 1.29 is 0 Å². The highest BCUT2D eigenvalue weighted by Gasteiger charge is 2.34. The van der Waals surface area contributed by atoms with Crippen LogP contribution in [0.15, 0.2) is 18.7 Å². The molecule has 0 radical (unpaired) electrons. The molecule has 0 bridgehead atoms. The van der Waals surface area contributed by atoms with E-state index in [1.165, 1.54) is 30.8 Å². The number of nitrogens with zero attached hydrogens (tertiary/aromatic N) is 2. The number of imidazole rings is 1. The fraction of sp³-hybridized carbons (Fsp3) is 0.769. The molecule has 17 heavy (non-hydrogen) atoms. The van der Waals surface area contributed by atoms with Crippen LogP contribution in [0.1, 0.15) is 33.1 Å². The van der Waals surface area contributed by atoms with Gasteiger partial charge < -0.3 is 4.57 Å². The summed E-state index contributed by atoms with van der Waals surface area (Å²) in [7, 11) is 0. The summed E-state index contributed by atoms with van der Waals surface area (Å²) in [5.41, 5.74) is 0. The lowest BCUT2D eigenvalue weighted by molar-refractivity contribution is 0.568. The van der Waals surface area contributed by atoms with Gasteiger partial charge in [0.1, 0.15) is 0 Å². The Morgan fingerprint density at radius 2 is 2.12 bits per heavy atom. The number of aryl methyl sites for hydroxylation is 1. The molecular weight excluding hydrogens is 248 g/mol. The molecule has 0 aliphatic carbocycles. The van der Waals surface area contributed by atoms with Gasteiger partial charge in [-0.05, 0) is 30.3 Å². The van der Waals surface area contributed by atoms with Crippen LogP contribution < -0.4 is 0 Å². The first kappa shape index (κ1) is 13.3. The fourth-order valence-electron chi connectivity index (χ4n) is 2.11. The van der Waals surface area contributed by atoms with Crippen LogP contribution in [0.5, 0.6) is 0 Å². The maximum Gasteiger partial charge on any atom is 0.0945 e. The molecule has 1 aliphatic heterocycles. The maximum atomic E-state index is 4.11. The molecule has 0 aromatic carbocycles. The van der Waals surface area contributed by atoms with Crippen molar-refractivity contribution >= 4 is 23.5 Å². The van der Waals surface area contributed by atoms with Gasteiger partial charge >= 0.3 is 0 Å². The van der Waals surface area contributed by atoms with Gasteiger partial charge in [0, 0.05) is 18.9 Å². The van der Waals surface area contributed by atoms with Crippen LogP contribution in [-0.4, -0.2) is 25.1 Å². The van der Waals surface area contributed by atoms with E-state index in [9.17, 15) is 0 Å². The van der Waals surface area contributed by atoms with Crippen LogP contribution in [0.4, 0.5) is 0 Å². The van der Waals surface area contributed by atoms with E-state index in [4.69, 9.17) is 0 Å². The number of aromatic nitrogens is 2. The Balaban J connectivity index is 1.87. The first-order chi connectivity index (χ1) is 8.28. The normalized spacial score (nSPS) is 29.4. The van der Waals surface area contributed by atoms with Crippen molar-refractivity contribution in [3.63, 3.8) is 0 Å². The van der Waals surface area contributed by atoms with Crippen molar-refractivity contribution in [3.8, 4) is 0 Å². The monoisotopic (exact) mass is 270 g/mol. The third kappa shape index (κ3) is 3.44. The Hall–Kier alpha value is -0.0900. The van der Waals surface area contributed by atoms with E-state index in [1.807, 2.05) is 12.5 Å². The van der Waals surface area contributed by atoms with Crippen molar-refractivity contribution in [3.05, 3.63) is 18.7 Å². The summed E-state index contributed by atoms with van der Waals surface area (Å²) in [6.45, 7) is 5.75. The second-order valence-electron chi connectivity index (χ2n) is 4.71. The second-order valence-corrected chi connectivity index (χ2v) is 7.78. The lowest BCUT2D eigenvalue weighted by atomic mass is 10.1. The first-order valence-corrected chi connectivity index (χ1v) is 8.49. The molecule has 0 atom stereocenters. The van der Waals surface area contributed by atoms with Crippen molar-refractivity contribution in [2.45, 2.75) is 43.7 Å². The van der Waals surface area contributed by atoms with Gasteiger partial charge in [0.05, 0.1) is 10.4 Å². The second kappa shape index (κ2) is 6.19. The largest absolute Gasteiger partial charge is 0.337 e. The molecule has 2 rings (SSSR count). The van der Waals surface area contributed by atoms with E-state index in [0.717, 1.165) is 12.5 Å². The number of thioether (sulfide) groups is 2. The number of rotatable bonds is 5. The standard InChI is InChI=1S/C13H22N2S2/c1-3-12-9-16-13(4-2,17-10-12)5-7-15-8-6-14-11-15/h6,8,11-12H,3-5,7,9-10H2,1-2H3. The zero-order chi connectivity index (χ0) is 12.1. The first-order valence-electron chi connectivity index (χ1n) is 6.51. The van der Waals surface area contributed by atoms with Gasteiger partial charge in [-0.2, -0.15) is 0 Å². The van der Waals surface area contributed by atoms with Gasteiger partial charge in [-0.25, -0.2) is 4.98 Å². The average molecular weight is 270 g/mol. The molecular formula is C13H22N2S2. The van der Waals surface area contributed by atoms with Gasteiger partial charge in [-0.1, -0.05) is 20.3 Å². The molecule has 1 aromatic rings. The van der Waals surface area contributed by atoms with Crippen molar-refractivity contribution in [2.75, 3.05) is 11.5 Å². The average Bonchev–Trinajstić information content (AvgIpc) is 2.90. The topological polar surface area (TPSA) is 17.8 Å². The third-order valence-corrected chi connectivity index (χ3v) is 7.61. The Labute approximate surface area is 113 Å². The lowest BCUT2D eigenvalue weighted by Gasteiger charge is -2.38. The van der Waals surface area contributed by atoms with E-state index >= 15 is 0 Å². The molecule has 0 saturated carbocycles. The van der Waals surface area contributed by atoms with Gasteiger partial charge in [0.25, 0.3) is 0 Å². The minimum absolute atomic E-state index is 0.454. The SMILES string of the molecule is CCC1CSC(CC)(CCn2ccnc2)SC1. The minimum atomic E-state index is 0.454.